The number of amides is 2. The molecule has 0 aliphatic rings. The molecule has 0 spiro atoms. The molecule has 2 amide bonds. The van der Waals surface area contributed by atoms with E-state index in [1.807, 2.05) is 30.3 Å². The van der Waals surface area contributed by atoms with Crippen molar-refractivity contribution in [3.63, 3.8) is 0 Å². The van der Waals surface area contributed by atoms with Gasteiger partial charge in [-0.2, -0.15) is 0 Å². The van der Waals surface area contributed by atoms with Crippen LogP contribution in [0, 0.1) is 6.92 Å². The van der Waals surface area contributed by atoms with E-state index in [1.165, 1.54) is 30.1 Å². The summed E-state index contributed by atoms with van der Waals surface area (Å²) in [4.78, 5) is 29.1. The number of benzene rings is 4. The number of carbonyl (C=O) groups is 2. The minimum Gasteiger partial charge on any atom is -0.357 e. The van der Waals surface area contributed by atoms with Gasteiger partial charge in [0.15, 0.2) is 0 Å². The summed E-state index contributed by atoms with van der Waals surface area (Å²) in [7, 11) is -2.75. The summed E-state index contributed by atoms with van der Waals surface area (Å²) in [5.41, 5.74) is 2.19. The zero-order valence-corrected chi connectivity index (χ0v) is 26.6. The summed E-state index contributed by atoms with van der Waals surface area (Å²) in [5, 5.41) is 3.67. The van der Waals surface area contributed by atoms with Crippen LogP contribution in [0.5, 0.6) is 0 Å². The van der Waals surface area contributed by atoms with Crippen LogP contribution < -0.4 is 9.62 Å². The van der Waals surface area contributed by atoms with Crippen molar-refractivity contribution in [1.82, 2.24) is 10.2 Å². The fourth-order valence-electron chi connectivity index (χ4n) is 4.64. The lowest BCUT2D eigenvalue weighted by molar-refractivity contribution is -0.139. The fourth-order valence-corrected chi connectivity index (χ4v) is 6.76. The lowest BCUT2D eigenvalue weighted by Gasteiger charge is -2.34. The number of hydrogen-bond donors (Lipinski definition) is 1. The maximum absolute atomic E-state index is 14.4. The molecule has 0 saturated heterocycles. The Hall–Kier alpha value is -3.56. The highest BCUT2D eigenvalue weighted by Crippen LogP contribution is 2.31. The Morgan fingerprint density at radius 2 is 1.44 bits per heavy atom. The molecule has 7 nitrogen and oxygen atoms in total. The van der Waals surface area contributed by atoms with Crippen LogP contribution in [0.2, 0.25) is 15.1 Å². The SMILES string of the molecule is CNC(=O)C(Cc1ccccc1)N(Cc1ccc(Cl)cc1Cl)C(=O)CN(c1cc(Cl)ccc1C)S(=O)(=O)c1ccccc1. The summed E-state index contributed by atoms with van der Waals surface area (Å²) >= 11 is 18.9. The first-order valence-corrected chi connectivity index (χ1v) is 15.9. The Morgan fingerprint density at radius 3 is 2.07 bits per heavy atom. The fraction of sp³-hybridized carbons (Fsp3) is 0.188. The van der Waals surface area contributed by atoms with Crippen molar-refractivity contribution in [2.45, 2.75) is 30.8 Å². The van der Waals surface area contributed by atoms with Crippen molar-refractivity contribution in [3.05, 3.63) is 129 Å². The largest absolute Gasteiger partial charge is 0.357 e. The van der Waals surface area contributed by atoms with E-state index in [2.05, 4.69) is 5.32 Å². The Morgan fingerprint density at radius 1 is 0.837 bits per heavy atom. The van der Waals surface area contributed by atoms with Gasteiger partial charge in [0.2, 0.25) is 11.8 Å². The van der Waals surface area contributed by atoms with Crippen LogP contribution in [0.25, 0.3) is 0 Å². The molecule has 0 heterocycles. The molecule has 0 aliphatic heterocycles. The Kier molecular flexibility index (Phi) is 10.7. The minimum atomic E-state index is -4.24. The van der Waals surface area contributed by atoms with E-state index in [9.17, 15) is 18.0 Å². The molecule has 1 unspecified atom stereocenters. The average Bonchev–Trinajstić information content (AvgIpc) is 3.00. The van der Waals surface area contributed by atoms with Crippen molar-refractivity contribution in [2.75, 3.05) is 17.9 Å². The normalized spacial score (nSPS) is 11.9. The molecule has 0 aromatic heterocycles. The molecule has 1 N–H and O–H groups in total. The third-order valence-electron chi connectivity index (χ3n) is 6.92. The van der Waals surface area contributed by atoms with Gasteiger partial charge in [-0.1, -0.05) is 95.5 Å². The van der Waals surface area contributed by atoms with Gasteiger partial charge in [-0.25, -0.2) is 8.42 Å². The Labute approximate surface area is 267 Å². The van der Waals surface area contributed by atoms with Gasteiger partial charge in [0.1, 0.15) is 12.6 Å². The molecule has 0 saturated carbocycles. The molecule has 0 aliphatic carbocycles. The third-order valence-corrected chi connectivity index (χ3v) is 9.52. The van der Waals surface area contributed by atoms with Crippen LogP contribution in [-0.4, -0.2) is 44.8 Å². The highest BCUT2D eigenvalue weighted by molar-refractivity contribution is 7.92. The van der Waals surface area contributed by atoms with E-state index in [4.69, 9.17) is 34.8 Å². The van der Waals surface area contributed by atoms with Gasteiger partial charge in [-0.15, -0.1) is 0 Å². The van der Waals surface area contributed by atoms with Gasteiger partial charge in [0, 0.05) is 35.1 Å². The van der Waals surface area contributed by atoms with Gasteiger partial charge < -0.3 is 10.2 Å². The minimum absolute atomic E-state index is 0.00149. The van der Waals surface area contributed by atoms with Crippen molar-refractivity contribution in [3.8, 4) is 0 Å². The van der Waals surface area contributed by atoms with Crippen LogP contribution in [0.15, 0.2) is 102 Å². The van der Waals surface area contributed by atoms with Crippen molar-refractivity contribution >= 4 is 62.3 Å². The number of aryl methyl sites for hydroxylation is 1. The van der Waals surface area contributed by atoms with Crippen molar-refractivity contribution < 1.29 is 18.0 Å². The Balaban J connectivity index is 1.83. The van der Waals surface area contributed by atoms with Gasteiger partial charge in [-0.3, -0.25) is 13.9 Å². The molecule has 1 atom stereocenters. The number of sulfonamides is 1. The van der Waals surface area contributed by atoms with Crippen molar-refractivity contribution in [1.29, 1.82) is 0 Å². The highest BCUT2D eigenvalue weighted by atomic mass is 35.5. The van der Waals surface area contributed by atoms with Crippen molar-refractivity contribution in [2.24, 2.45) is 0 Å². The summed E-state index contributed by atoms with van der Waals surface area (Å²) in [6.07, 6.45) is 0.180. The monoisotopic (exact) mass is 657 g/mol. The lowest BCUT2D eigenvalue weighted by atomic mass is 10.0. The molecule has 43 heavy (non-hydrogen) atoms. The van der Waals surface area contributed by atoms with Gasteiger partial charge in [0.25, 0.3) is 10.0 Å². The molecule has 4 aromatic rings. The summed E-state index contributed by atoms with van der Waals surface area (Å²) in [6, 6.07) is 25.8. The first kappa shape index (κ1) is 32.4. The maximum Gasteiger partial charge on any atom is 0.264 e. The molecular formula is C32H30Cl3N3O4S. The number of rotatable bonds is 11. The number of nitrogens with one attached hydrogen (secondary N) is 1. The smallest absolute Gasteiger partial charge is 0.264 e. The zero-order valence-electron chi connectivity index (χ0n) is 23.5. The van der Waals surface area contributed by atoms with Crippen LogP contribution in [-0.2, 0) is 32.6 Å². The average molecular weight is 659 g/mol. The second kappa shape index (κ2) is 14.3. The molecule has 4 aromatic carbocycles. The number of hydrogen-bond acceptors (Lipinski definition) is 4. The third kappa shape index (κ3) is 7.89. The molecule has 4 rings (SSSR count). The number of anilines is 1. The summed E-state index contributed by atoms with van der Waals surface area (Å²) in [5.74, 6) is -1.03. The summed E-state index contributed by atoms with van der Waals surface area (Å²) < 4.78 is 29.1. The molecule has 224 valence electrons. The first-order valence-electron chi connectivity index (χ1n) is 13.3. The van der Waals surface area contributed by atoms with Crippen LogP contribution >= 0.6 is 34.8 Å². The predicted octanol–water partition coefficient (Wildman–Crippen LogP) is 6.54. The van der Waals surface area contributed by atoms with E-state index < -0.39 is 34.4 Å². The highest BCUT2D eigenvalue weighted by Gasteiger charge is 2.35. The second-order valence-electron chi connectivity index (χ2n) is 9.83. The maximum atomic E-state index is 14.4. The van der Waals surface area contributed by atoms with E-state index >= 15 is 0 Å². The number of nitrogens with zero attached hydrogens (tertiary/aromatic N) is 2. The van der Waals surface area contributed by atoms with Gasteiger partial charge >= 0.3 is 0 Å². The zero-order chi connectivity index (χ0) is 31.1. The predicted molar refractivity (Wildman–Crippen MR) is 172 cm³/mol. The quantitative estimate of drug-likeness (QED) is 0.198. The van der Waals surface area contributed by atoms with Crippen LogP contribution in [0.3, 0.4) is 0 Å². The number of carbonyl (C=O) groups excluding carboxylic acids is 2. The first-order chi connectivity index (χ1) is 20.5. The standard InChI is InChI=1S/C32H30Cl3N3O4S/c1-22-13-15-26(34)19-29(22)38(43(41,42)27-11-7-4-8-12-27)21-31(39)37(20-24-14-16-25(33)18-28(24)35)30(32(40)36-2)17-23-9-5-3-6-10-23/h3-16,18-19,30H,17,20-21H2,1-2H3,(H,36,40). The van der Waals surface area contributed by atoms with Crippen LogP contribution in [0.1, 0.15) is 16.7 Å². The van der Waals surface area contributed by atoms with E-state index in [-0.39, 0.29) is 23.5 Å². The molecule has 0 radical (unpaired) electrons. The molecular weight excluding hydrogens is 629 g/mol. The molecule has 11 heteroatoms. The second-order valence-corrected chi connectivity index (χ2v) is 13.0. The molecule has 0 fully saturated rings. The number of likely N-dealkylation sites (N-methyl/N-ethyl adjacent to an activating group) is 1. The lowest BCUT2D eigenvalue weighted by Crippen LogP contribution is -2.53. The van der Waals surface area contributed by atoms with E-state index in [0.29, 0.717) is 26.2 Å². The summed E-state index contributed by atoms with van der Waals surface area (Å²) in [6.45, 7) is 1.05. The Bertz CT molecular complexity index is 1700. The number of halogens is 3. The van der Waals surface area contributed by atoms with E-state index in [0.717, 1.165) is 9.87 Å². The topological polar surface area (TPSA) is 86.8 Å². The van der Waals surface area contributed by atoms with Crippen LogP contribution in [0.4, 0.5) is 5.69 Å². The molecule has 0 bridgehead atoms. The van der Waals surface area contributed by atoms with E-state index in [1.54, 1.807) is 55.5 Å². The van der Waals surface area contributed by atoms with Gasteiger partial charge in [0.05, 0.1) is 10.6 Å². The van der Waals surface area contributed by atoms with Gasteiger partial charge in [-0.05, 0) is 60.0 Å².